The quantitative estimate of drug-likeness (QED) is 0.701. The molecule has 7 heteroatoms. The van der Waals surface area contributed by atoms with Crippen molar-refractivity contribution < 1.29 is 19.1 Å². The van der Waals surface area contributed by atoms with Crippen LogP contribution in [0, 0.1) is 5.92 Å². The Hall–Kier alpha value is -2.28. The minimum absolute atomic E-state index is 0.00248. The van der Waals surface area contributed by atoms with Gasteiger partial charge < -0.3 is 25.0 Å². The van der Waals surface area contributed by atoms with Crippen molar-refractivity contribution in [3.8, 4) is 5.75 Å². The Morgan fingerprint density at radius 2 is 1.73 bits per heavy atom. The predicted molar refractivity (Wildman–Crippen MR) is 101 cm³/mol. The SMILES string of the molecule is COC(=O)NC(CC(C)C)C(=O)NCC(c1ccc(OC)cc1)N(C)C. The Morgan fingerprint density at radius 3 is 2.19 bits per heavy atom. The Balaban J connectivity index is 2.78. The van der Waals surface area contributed by atoms with Gasteiger partial charge >= 0.3 is 6.09 Å². The molecule has 7 nitrogen and oxygen atoms in total. The van der Waals surface area contributed by atoms with Crippen molar-refractivity contribution in [3.63, 3.8) is 0 Å². The van der Waals surface area contributed by atoms with Crippen LogP contribution in [-0.4, -0.2) is 57.8 Å². The van der Waals surface area contributed by atoms with Gasteiger partial charge in [-0.2, -0.15) is 0 Å². The van der Waals surface area contributed by atoms with Crippen molar-refractivity contribution in [2.24, 2.45) is 5.92 Å². The van der Waals surface area contributed by atoms with Gasteiger partial charge in [-0.1, -0.05) is 26.0 Å². The number of rotatable bonds is 9. The Morgan fingerprint density at radius 1 is 1.12 bits per heavy atom. The number of nitrogens with zero attached hydrogens (tertiary/aromatic N) is 1. The molecule has 2 amide bonds. The van der Waals surface area contributed by atoms with E-state index in [1.165, 1.54) is 7.11 Å². The lowest BCUT2D eigenvalue weighted by atomic mass is 10.0. The van der Waals surface area contributed by atoms with E-state index in [4.69, 9.17) is 4.74 Å². The van der Waals surface area contributed by atoms with Gasteiger partial charge in [-0.05, 0) is 44.1 Å². The molecule has 0 aliphatic heterocycles. The number of ether oxygens (including phenoxy) is 2. The third kappa shape index (κ3) is 6.92. The topological polar surface area (TPSA) is 79.9 Å². The minimum Gasteiger partial charge on any atom is -0.497 e. The normalized spacial score (nSPS) is 13.2. The number of hydrogen-bond donors (Lipinski definition) is 2. The van der Waals surface area contributed by atoms with E-state index in [1.807, 2.05) is 57.1 Å². The fraction of sp³-hybridized carbons (Fsp3) is 0.579. The van der Waals surface area contributed by atoms with Gasteiger partial charge in [0.05, 0.1) is 20.3 Å². The van der Waals surface area contributed by atoms with E-state index < -0.39 is 12.1 Å². The Labute approximate surface area is 156 Å². The summed E-state index contributed by atoms with van der Waals surface area (Å²) >= 11 is 0. The van der Waals surface area contributed by atoms with Crippen LogP contribution < -0.4 is 15.4 Å². The number of hydrogen-bond acceptors (Lipinski definition) is 5. The molecule has 2 unspecified atom stereocenters. The van der Waals surface area contributed by atoms with Crippen molar-refractivity contribution in [2.45, 2.75) is 32.4 Å². The maximum atomic E-state index is 12.6. The first-order chi connectivity index (χ1) is 12.3. The van der Waals surface area contributed by atoms with Gasteiger partial charge in [-0.25, -0.2) is 4.79 Å². The largest absolute Gasteiger partial charge is 0.497 e. The van der Waals surface area contributed by atoms with Crippen LogP contribution >= 0.6 is 0 Å². The van der Waals surface area contributed by atoms with E-state index in [0.717, 1.165) is 11.3 Å². The highest BCUT2D eigenvalue weighted by atomic mass is 16.5. The lowest BCUT2D eigenvalue weighted by molar-refractivity contribution is -0.123. The van der Waals surface area contributed by atoms with Crippen LogP contribution in [0.3, 0.4) is 0 Å². The number of amides is 2. The summed E-state index contributed by atoms with van der Waals surface area (Å²) in [5.74, 6) is 0.827. The number of likely N-dealkylation sites (N-methyl/N-ethyl adjacent to an activating group) is 1. The molecule has 1 rings (SSSR count). The molecule has 0 heterocycles. The number of methoxy groups -OCH3 is 2. The molecule has 1 aromatic rings. The lowest BCUT2D eigenvalue weighted by Crippen LogP contribution is -2.48. The zero-order valence-corrected chi connectivity index (χ0v) is 16.5. The molecule has 2 atom stereocenters. The number of carbonyl (C=O) groups excluding carboxylic acids is 2. The molecule has 0 fully saturated rings. The zero-order chi connectivity index (χ0) is 19.7. The lowest BCUT2D eigenvalue weighted by Gasteiger charge is -2.27. The standard InChI is InChI=1S/C19H31N3O4/c1-13(2)11-16(21-19(24)26-6)18(23)20-12-17(22(3)4)14-7-9-15(25-5)10-8-14/h7-10,13,16-17H,11-12H2,1-6H3,(H,20,23)(H,21,24). The number of alkyl carbamates (subject to hydrolysis) is 1. The average molecular weight is 365 g/mol. The fourth-order valence-electron chi connectivity index (χ4n) is 2.65. The van der Waals surface area contributed by atoms with Crippen molar-refractivity contribution >= 4 is 12.0 Å². The highest BCUT2D eigenvalue weighted by Gasteiger charge is 2.24. The summed E-state index contributed by atoms with van der Waals surface area (Å²) in [7, 11) is 6.83. The van der Waals surface area contributed by atoms with Crippen LogP contribution in [0.2, 0.25) is 0 Å². The van der Waals surface area contributed by atoms with Crippen LogP contribution in [0.4, 0.5) is 4.79 Å². The smallest absolute Gasteiger partial charge is 0.407 e. The molecule has 0 aliphatic rings. The van der Waals surface area contributed by atoms with Crippen LogP contribution in [0.5, 0.6) is 5.75 Å². The minimum atomic E-state index is -0.624. The second-order valence-corrected chi connectivity index (χ2v) is 6.82. The molecule has 26 heavy (non-hydrogen) atoms. The van der Waals surface area contributed by atoms with Gasteiger partial charge in [-0.15, -0.1) is 0 Å². The zero-order valence-electron chi connectivity index (χ0n) is 16.5. The molecule has 0 aliphatic carbocycles. The molecular formula is C19H31N3O4. The second-order valence-electron chi connectivity index (χ2n) is 6.82. The molecule has 0 bridgehead atoms. The van der Waals surface area contributed by atoms with Gasteiger partial charge in [0.25, 0.3) is 0 Å². The second kappa shape index (κ2) is 10.7. The van der Waals surface area contributed by atoms with Crippen molar-refractivity contribution in [3.05, 3.63) is 29.8 Å². The van der Waals surface area contributed by atoms with E-state index in [0.29, 0.717) is 13.0 Å². The first kappa shape index (κ1) is 21.8. The van der Waals surface area contributed by atoms with Crippen molar-refractivity contribution in [1.29, 1.82) is 0 Å². The van der Waals surface area contributed by atoms with Crippen LogP contribution in [0.25, 0.3) is 0 Å². The van der Waals surface area contributed by atoms with Gasteiger partial charge in [0.15, 0.2) is 0 Å². The average Bonchev–Trinajstić information content (AvgIpc) is 2.60. The molecule has 146 valence electrons. The highest BCUT2D eigenvalue weighted by Crippen LogP contribution is 2.20. The van der Waals surface area contributed by atoms with E-state index >= 15 is 0 Å². The van der Waals surface area contributed by atoms with Crippen LogP contribution in [0.15, 0.2) is 24.3 Å². The summed E-state index contributed by atoms with van der Waals surface area (Å²) in [6.07, 6.45) is -0.0686. The monoisotopic (exact) mass is 365 g/mol. The summed E-state index contributed by atoms with van der Waals surface area (Å²) in [5, 5.41) is 5.55. The molecule has 2 N–H and O–H groups in total. The molecule has 1 aromatic carbocycles. The molecular weight excluding hydrogens is 334 g/mol. The van der Waals surface area contributed by atoms with Crippen LogP contribution in [-0.2, 0) is 9.53 Å². The predicted octanol–water partition coefficient (Wildman–Crippen LogP) is 2.18. The summed E-state index contributed by atoms with van der Waals surface area (Å²) < 4.78 is 9.81. The highest BCUT2D eigenvalue weighted by molar-refractivity contribution is 5.85. The molecule has 0 spiro atoms. The first-order valence-corrected chi connectivity index (χ1v) is 8.71. The summed E-state index contributed by atoms with van der Waals surface area (Å²) in [4.78, 5) is 26.1. The summed E-state index contributed by atoms with van der Waals surface area (Å²) in [6.45, 7) is 4.42. The first-order valence-electron chi connectivity index (χ1n) is 8.71. The third-order valence-corrected chi connectivity index (χ3v) is 4.09. The molecule has 0 saturated heterocycles. The Bertz CT molecular complexity index is 573. The van der Waals surface area contributed by atoms with E-state index in [2.05, 4.69) is 15.4 Å². The molecule has 0 saturated carbocycles. The molecule has 0 radical (unpaired) electrons. The van der Waals surface area contributed by atoms with E-state index in [-0.39, 0.29) is 17.9 Å². The maximum absolute atomic E-state index is 12.6. The third-order valence-electron chi connectivity index (χ3n) is 4.09. The van der Waals surface area contributed by atoms with Crippen molar-refractivity contribution in [2.75, 3.05) is 34.9 Å². The van der Waals surface area contributed by atoms with Gasteiger partial charge in [0, 0.05) is 6.54 Å². The Kier molecular flexibility index (Phi) is 8.92. The number of benzene rings is 1. The fourth-order valence-corrected chi connectivity index (χ4v) is 2.65. The number of nitrogens with one attached hydrogen (secondary N) is 2. The summed E-state index contributed by atoms with van der Waals surface area (Å²) in [5.41, 5.74) is 1.07. The van der Waals surface area contributed by atoms with Gasteiger partial charge in [-0.3, -0.25) is 4.79 Å². The number of carbonyl (C=O) groups is 2. The summed E-state index contributed by atoms with van der Waals surface area (Å²) in [6, 6.07) is 7.13. The van der Waals surface area contributed by atoms with Gasteiger partial charge in [0.2, 0.25) is 5.91 Å². The molecule has 0 aromatic heterocycles. The van der Waals surface area contributed by atoms with Crippen molar-refractivity contribution in [1.82, 2.24) is 15.5 Å². The van der Waals surface area contributed by atoms with Crippen LogP contribution in [0.1, 0.15) is 31.9 Å². The maximum Gasteiger partial charge on any atom is 0.407 e. The van der Waals surface area contributed by atoms with Gasteiger partial charge in [0.1, 0.15) is 11.8 Å². The van der Waals surface area contributed by atoms with E-state index in [9.17, 15) is 9.59 Å². The van der Waals surface area contributed by atoms with E-state index in [1.54, 1.807) is 7.11 Å².